The highest BCUT2D eigenvalue weighted by atomic mass is 19.1. The molecule has 0 amide bonds. The van der Waals surface area contributed by atoms with E-state index in [0.29, 0.717) is 12.3 Å². The van der Waals surface area contributed by atoms with Crippen molar-refractivity contribution in [3.05, 3.63) is 70.3 Å². The third-order valence-electron chi connectivity index (χ3n) is 4.82. The molecule has 158 valence electrons. The van der Waals surface area contributed by atoms with Crippen molar-refractivity contribution in [3.8, 4) is 17.0 Å². The maximum Gasteiger partial charge on any atom is 0.366 e. The van der Waals surface area contributed by atoms with Gasteiger partial charge >= 0.3 is 5.63 Å². The molecule has 0 radical (unpaired) electrons. The van der Waals surface area contributed by atoms with Crippen LogP contribution in [-0.4, -0.2) is 18.0 Å². The predicted octanol–water partition coefficient (Wildman–Crippen LogP) is 6.26. The van der Waals surface area contributed by atoms with Gasteiger partial charge in [-0.25, -0.2) is 14.3 Å². The molecule has 1 N–H and O–H groups in total. The van der Waals surface area contributed by atoms with Gasteiger partial charge in [0.25, 0.3) is 0 Å². The molecule has 0 fully saturated rings. The number of hydrogen-bond donors (Lipinski definition) is 1. The van der Waals surface area contributed by atoms with E-state index in [1.54, 1.807) is 18.2 Å². The van der Waals surface area contributed by atoms with E-state index in [1.807, 2.05) is 24.3 Å². The van der Waals surface area contributed by atoms with E-state index in [2.05, 4.69) is 17.1 Å². The van der Waals surface area contributed by atoms with Gasteiger partial charge in [-0.2, -0.15) is 0 Å². The van der Waals surface area contributed by atoms with Gasteiger partial charge in [0.1, 0.15) is 17.1 Å². The fourth-order valence-electron chi connectivity index (χ4n) is 3.13. The highest BCUT2D eigenvalue weighted by molar-refractivity contribution is 5.89. The van der Waals surface area contributed by atoms with Gasteiger partial charge < -0.3 is 9.26 Å². The first-order valence-electron chi connectivity index (χ1n) is 10.4. The van der Waals surface area contributed by atoms with Gasteiger partial charge in [0, 0.05) is 11.8 Å². The van der Waals surface area contributed by atoms with Gasteiger partial charge in [-0.1, -0.05) is 51.2 Å². The van der Waals surface area contributed by atoms with Crippen molar-refractivity contribution in [3.63, 3.8) is 0 Å². The van der Waals surface area contributed by atoms with E-state index in [-0.39, 0.29) is 16.8 Å². The molecule has 0 aliphatic carbocycles. The van der Waals surface area contributed by atoms with Crippen LogP contribution in [0.1, 0.15) is 51.0 Å². The number of aromatic amines is 1. The number of unbranched alkanes of at least 4 members (excludes halogenated alkanes) is 5. The van der Waals surface area contributed by atoms with Crippen LogP contribution in [0.25, 0.3) is 11.3 Å². The summed E-state index contributed by atoms with van der Waals surface area (Å²) in [6, 6.07) is 13.5. The summed E-state index contributed by atoms with van der Waals surface area (Å²) in [5, 5.41) is 2.48. The minimum atomic E-state index is -0.601. The Bertz CT molecular complexity index is 1010. The summed E-state index contributed by atoms with van der Waals surface area (Å²) in [7, 11) is 0. The fraction of sp³-hybridized carbons (Fsp3) is 0.333. The lowest BCUT2D eigenvalue weighted by molar-refractivity contribution is 0.304. The van der Waals surface area contributed by atoms with Crippen LogP contribution in [0.2, 0.25) is 0 Å². The number of nitrogens with zero attached hydrogens (tertiary/aromatic N) is 1. The number of rotatable bonds is 11. The lowest BCUT2D eigenvalue weighted by Gasteiger charge is -2.06. The van der Waals surface area contributed by atoms with Crippen molar-refractivity contribution in [1.82, 2.24) is 5.16 Å². The topological polar surface area (TPSA) is 67.6 Å². The molecule has 30 heavy (non-hydrogen) atoms. The number of benzene rings is 2. The van der Waals surface area contributed by atoms with E-state index in [1.165, 1.54) is 44.4 Å². The zero-order valence-corrected chi connectivity index (χ0v) is 17.2. The molecule has 3 aromatic rings. The van der Waals surface area contributed by atoms with Gasteiger partial charge in [-0.15, -0.1) is 0 Å². The van der Waals surface area contributed by atoms with Gasteiger partial charge in [-0.3, -0.25) is 4.99 Å². The third-order valence-corrected chi connectivity index (χ3v) is 4.82. The number of H-pyrrole nitrogens is 1. The van der Waals surface area contributed by atoms with Crippen molar-refractivity contribution in [1.29, 1.82) is 0 Å². The molecule has 0 spiro atoms. The molecule has 0 saturated heterocycles. The molecular formula is C24H27FN2O3. The summed E-state index contributed by atoms with van der Waals surface area (Å²) in [5.41, 5.74) is 0.741. The maximum atomic E-state index is 14.1. The van der Waals surface area contributed by atoms with Crippen LogP contribution < -0.4 is 10.4 Å². The number of halogens is 1. The van der Waals surface area contributed by atoms with Crippen LogP contribution in [0.4, 0.5) is 10.1 Å². The Balaban J connectivity index is 1.58. The van der Waals surface area contributed by atoms with Crippen LogP contribution in [0.15, 0.2) is 62.8 Å². The SMILES string of the molecule is CCCCCCCCOc1ccc(N=Cc2c(-c3ccccc3F)[nH]oc2=O)cc1. The van der Waals surface area contributed by atoms with E-state index in [0.717, 1.165) is 12.2 Å². The largest absolute Gasteiger partial charge is 0.494 e. The molecule has 1 heterocycles. The Hall–Kier alpha value is -3.15. The van der Waals surface area contributed by atoms with Gasteiger partial charge in [0.15, 0.2) is 0 Å². The molecule has 0 atom stereocenters. The van der Waals surface area contributed by atoms with Crippen molar-refractivity contribution < 1.29 is 13.7 Å². The molecule has 3 rings (SSSR count). The minimum Gasteiger partial charge on any atom is -0.494 e. The molecule has 0 unspecified atom stereocenters. The van der Waals surface area contributed by atoms with Crippen LogP contribution in [0.3, 0.4) is 0 Å². The second kappa shape index (κ2) is 11.1. The third kappa shape index (κ3) is 5.92. The maximum absolute atomic E-state index is 14.1. The van der Waals surface area contributed by atoms with E-state index < -0.39 is 11.4 Å². The Morgan fingerprint density at radius 1 is 1.03 bits per heavy atom. The van der Waals surface area contributed by atoms with Crippen LogP contribution in [0, 0.1) is 5.82 Å². The smallest absolute Gasteiger partial charge is 0.366 e. The van der Waals surface area contributed by atoms with Crippen LogP contribution in [0.5, 0.6) is 5.75 Å². The van der Waals surface area contributed by atoms with E-state index in [4.69, 9.17) is 9.26 Å². The van der Waals surface area contributed by atoms with Gasteiger partial charge in [0.2, 0.25) is 0 Å². The van der Waals surface area contributed by atoms with Crippen LogP contribution in [-0.2, 0) is 0 Å². The second-order valence-electron chi connectivity index (χ2n) is 7.13. The molecule has 0 aliphatic rings. The first-order chi connectivity index (χ1) is 14.7. The van der Waals surface area contributed by atoms with Crippen molar-refractivity contribution in [2.24, 2.45) is 4.99 Å². The molecule has 0 bridgehead atoms. The first-order valence-corrected chi connectivity index (χ1v) is 10.4. The number of nitrogens with one attached hydrogen (secondary N) is 1. The molecule has 5 nitrogen and oxygen atoms in total. The normalized spacial score (nSPS) is 11.3. The summed E-state index contributed by atoms with van der Waals surface area (Å²) >= 11 is 0. The highest BCUT2D eigenvalue weighted by Gasteiger charge is 2.15. The quantitative estimate of drug-likeness (QED) is 0.299. The first kappa shape index (κ1) is 21.6. The number of ether oxygens (including phenoxy) is 1. The second-order valence-corrected chi connectivity index (χ2v) is 7.13. The number of aliphatic imine (C=N–C) groups is 1. The van der Waals surface area contributed by atoms with Crippen molar-refractivity contribution >= 4 is 11.9 Å². The molecule has 1 aromatic heterocycles. The lowest BCUT2D eigenvalue weighted by atomic mass is 10.1. The molecule has 0 aliphatic heterocycles. The average molecular weight is 410 g/mol. The average Bonchev–Trinajstić information content (AvgIpc) is 3.13. The lowest BCUT2D eigenvalue weighted by Crippen LogP contribution is -2.01. The highest BCUT2D eigenvalue weighted by Crippen LogP contribution is 2.23. The standard InChI is InChI=1S/C24H27FN2O3/c1-2-3-4-5-6-9-16-29-19-14-12-18(13-15-19)26-17-21-23(27-30-24(21)28)20-10-7-8-11-22(20)25/h7-8,10-15,17,27H,2-6,9,16H2,1H3. The molecule has 0 saturated carbocycles. The Labute approximate surface area is 175 Å². The molecular weight excluding hydrogens is 383 g/mol. The van der Waals surface area contributed by atoms with Crippen molar-refractivity contribution in [2.45, 2.75) is 45.4 Å². The van der Waals surface area contributed by atoms with Crippen molar-refractivity contribution in [2.75, 3.05) is 6.61 Å². The van der Waals surface area contributed by atoms with Gasteiger partial charge in [-0.05, 0) is 42.8 Å². The van der Waals surface area contributed by atoms with E-state index >= 15 is 0 Å². The Kier molecular flexibility index (Phi) is 8.01. The number of hydrogen-bond acceptors (Lipinski definition) is 4. The Morgan fingerprint density at radius 3 is 2.53 bits per heavy atom. The fourth-order valence-corrected chi connectivity index (χ4v) is 3.13. The predicted molar refractivity (Wildman–Crippen MR) is 117 cm³/mol. The van der Waals surface area contributed by atoms with Gasteiger partial charge in [0.05, 0.1) is 18.0 Å². The summed E-state index contributed by atoms with van der Waals surface area (Å²) in [5.74, 6) is 0.340. The summed E-state index contributed by atoms with van der Waals surface area (Å²) in [6.07, 6.45) is 8.72. The Morgan fingerprint density at radius 2 is 1.77 bits per heavy atom. The molecule has 2 aromatic carbocycles. The zero-order valence-electron chi connectivity index (χ0n) is 17.2. The summed E-state index contributed by atoms with van der Waals surface area (Å²) in [6.45, 7) is 2.91. The minimum absolute atomic E-state index is 0.170. The summed E-state index contributed by atoms with van der Waals surface area (Å²) in [4.78, 5) is 16.3. The zero-order chi connectivity index (χ0) is 21.2. The van der Waals surface area contributed by atoms with Crippen LogP contribution >= 0.6 is 0 Å². The molecule has 6 heteroatoms. The monoisotopic (exact) mass is 410 g/mol. The summed E-state index contributed by atoms with van der Waals surface area (Å²) < 4.78 is 24.7. The van der Waals surface area contributed by atoms with E-state index in [9.17, 15) is 9.18 Å². The number of aromatic nitrogens is 1.